The van der Waals surface area contributed by atoms with Gasteiger partial charge in [-0.25, -0.2) is 0 Å². The number of hydrogen-bond donors (Lipinski definition) is 2. The molecule has 0 aromatic carbocycles. The highest BCUT2D eigenvalue weighted by atomic mass is 79.9. The molecule has 0 aliphatic rings. The highest BCUT2D eigenvalue weighted by Crippen LogP contribution is 2.21. The molecule has 0 fully saturated rings. The Morgan fingerprint density at radius 1 is 1.91 bits per heavy atom. The minimum atomic E-state index is -0.866. The Balaban J connectivity index is 2.92. The van der Waals surface area contributed by atoms with E-state index in [4.69, 9.17) is 5.11 Å². The molecular formula is C6H7BrN2O2. The molecule has 0 saturated carbocycles. The summed E-state index contributed by atoms with van der Waals surface area (Å²) in [6, 6.07) is 0. The third-order valence-corrected chi connectivity index (χ3v) is 2.06. The topological polar surface area (TPSA) is 66.0 Å². The van der Waals surface area contributed by atoms with Crippen LogP contribution in [0.5, 0.6) is 0 Å². The zero-order valence-electron chi connectivity index (χ0n) is 5.84. The van der Waals surface area contributed by atoms with Gasteiger partial charge in [-0.3, -0.25) is 9.89 Å². The van der Waals surface area contributed by atoms with Crippen molar-refractivity contribution in [1.29, 1.82) is 0 Å². The normalized spacial score (nSPS) is 12.9. The van der Waals surface area contributed by atoms with E-state index in [9.17, 15) is 4.79 Å². The van der Waals surface area contributed by atoms with E-state index >= 15 is 0 Å². The molecular weight excluding hydrogens is 212 g/mol. The summed E-state index contributed by atoms with van der Waals surface area (Å²) in [6.45, 7) is 1.60. The monoisotopic (exact) mass is 218 g/mol. The molecule has 0 saturated heterocycles. The number of aliphatic carboxylic acids is 1. The van der Waals surface area contributed by atoms with Crippen molar-refractivity contribution in [3.05, 3.63) is 16.4 Å². The van der Waals surface area contributed by atoms with Crippen LogP contribution in [-0.4, -0.2) is 21.3 Å². The number of aromatic amines is 1. The average molecular weight is 219 g/mol. The quantitative estimate of drug-likeness (QED) is 0.789. The van der Waals surface area contributed by atoms with Gasteiger partial charge in [-0.2, -0.15) is 5.10 Å². The maximum absolute atomic E-state index is 10.5. The summed E-state index contributed by atoms with van der Waals surface area (Å²) in [5.74, 6) is -1.41. The van der Waals surface area contributed by atoms with Gasteiger partial charge in [-0.05, 0) is 22.9 Å². The van der Waals surface area contributed by atoms with E-state index in [-0.39, 0.29) is 0 Å². The van der Waals surface area contributed by atoms with Crippen molar-refractivity contribution in [3.63, 3.8) is 0 Å². The number of rotatable bonds is 2. The van der Waals surface area contributed by atoms with Crippen LogP contribution in [0.2, 0.25) is 0 Å². The Kier molecular flexibility index (Phi) is 2.28. The SMILES string of the molecule is CC(C(=O)O)c1[nH]ncc1Br. The molecule has 0 radical (unpaired) electrons. The van der Waals surface area contributed by atoms with E-state index in [1.165, 1.54) is 6.20 Å². The molecule has 11 heavy (non-hydrogen) atoms. The van der Waals surface area contributed by atoms with Gasteiger partial charge in [-0.1, -0.05) is 0 Å². The summed E-state index contributed by atoms with van der Waals surface area (Å²) in [4.78, 5) is 10.5. The number of hydrogen-bond acceptors (Lipinski definition) is 2. The van der Waals surface area contributed by atoms with E-state index < -0.39 is 11.9 Å². The molecule has 1 unspecified atom stereocenters. The van der Waals surface area contributed by atoms with Gasteiger partial charge in [0.2, 0.25) is 0 Å². The van der Waals surface area contributed by atoms with E-state index in [2.05, 4.69) is 26.1 Å². The van der Waals surface area contributed by atoms with E-state index in [1.807, 2.05) is 0 Å². The molecule has 4 nitrogen and oxygen atoms in total. The summed E-state index contributed by atoms with van der Waals surface area (Å²) in [5.41, 5.74) is 0.595. The number of halogens is 1. The van der Waals surface area contributed by atoms with E-state index in [1.54, 1.807) is 6.92 Å². The van der Waals surface area contributed by atoms with Gasteiger partial charge in [0.05, 0.1) is 22.3 Å². The van der Waals surface area contributed by atoms with Crippen LogP contribution in [0.1, 0.15) is 18.5 Å². The molecule has 1 aromatic heterocycles. The molecule has 1 aromatic rings. The minimum Gasteiger partial charge on any atom is -0.481 e. The summed E-state index contributed by atoms with van der Waals surface area (Å²) >= 11 is 3.18. The number of nitrogens with one attached hydrogen (secondary N) is 1. The van der Waals surface area contributed by atoms with Gasteiger partial charge in [-0.15, -0.1) is 0 Å². The molecule has 1 heterocycles. The number of carboxylic acids is 1. The number of nitrogens with zero attached hydrogens (tertiary/aromatic N) is 1. The molecule has 0 aliphatic carbocycles. The first-order valence-electron chi connectivity index (χ1n) is 3.04. The lowest BCUT2D eigenvalue weighted by Gasteiger charge is -2.01. The lowest BCUT2D eigenvalue weighted by Crippen LogP contribution is -2.08. The molecule has 5 heteroatoms. The van der Waals surface area contributed by atoms with Gasteiger partial charge in [0, 0.05) is 0 Å². The van der Waals surface area contributed by atoms with E-state index in [0.717, 1.165) is 0 Å². The Morgan fingerprint density at radius 2 is 2.55 bits per heavy atom. The molecule has 0 aliphatic heterocycles. The second kappa shape index (κ2) is 3.04. The van der Waals surface area contributed by atoms with Crippen LogP contribution >= 0.6 is 15.9 Å². The number of H-pyrrole nitrogens is 1. The Bertz CT molecular complexity index is 271. The van der Waals surface area contributed by atoms with Crippen LogP contribution < -0.4 is 0 Å². The van der Waals surface area contributed by atoms with Crippen molar-refractivity contribution in [1.82, 2.24) is 10.2 Å². The van der Waals surface area contributed by atoms with Crippen molar-refractivity contribution >= 4 is 21.9 Å². The number of carbonyl (C=O) groups is 1. The van der Waals surface area contributed by atoms with Crippen LogP contribution in [0.25, 0.3) is 0 Å². The number of aromatic nitrogens is 2. The predicted molar refractivity (Wildman–Crippen MR) is 42.3 cm³/mol. The maximum atomic E-state index is 10.5. The lowest BCUT2D eigenvalue weighted by molar-refractivity contribution is -0.138. The van der Waals surface area contributed by atoms with Crippen LogP contribution in [0.15, 0.2) is 10.7 Å². The van der Waals surface area contributed by atoms with Crippen molar-refractivity contribution in [2.24, 2.45) is 0 Å². The van der Waals surface area contributed by atoms with E-state index in [0.29, 0.717) is 10.2 Å². The lowest BCUT2D eigenvalue weighted by atomic mass is 10.1. The Hall–Kier alpha value is -0.840. The van der Waals surface area contributed by atoms with Crippen LogP contribution in [0.4, 0.5) is 0 Å². The van der Waals surface area contributed by atoms with Crippen LogP contribution in [0, 0.1) is 0 Å². The summed E-state index contributed by atoms with van der Waals surface area (Å²) < 4.78 is 0.701. The Labute approximate surface area is 71.7 Å². The minimum absolute atomic E-state index is 0.549. The third kappa shape index (κ3) is 1.59. The standard InChI is InChI=1S/C6H7BrN2O2/c1-3(6(10)11)5-4(7)2-8-9-5/h2-3H,1H3,(H,8,9)(H,10,11). The molecule has 2 N–H and O–H groups in total. The highest BCUT2D eigenvalue weighted by Gasteiger charge is 2.17. The molecule has 0 bridgehead atoms. The van der Waals surface area contributed by atoms with Crippen molar-refractivity contribution in [2.75, 3.05) is 0 Å². The molecule has 0 spiro atoms. The largest absolute Gasteiger partial charge is 0.481 e. The first-order valence-corrected chi connectivity index (χ1v) is 3.83. The fourth-order valence-electron chi connectivity index (χ4n) is 0.709. The molecule has 0 amide bonds. The highest BCUT2D eigenvalue weighted by molar-refractivity contribution is 9.10. The molecule has 1 atom stereocenters. The zero-order valence-corrected chi connectivity index (χ0v) is 7.42. The fraction of sp³-hybridized carbons (Fsp3) is 0.333. The molecule has 1 rings (SSSR count). The van der Waals surface area contributed by atoms with Gasteiger partial charge >= 0.3 is 5.97 Å². The first-order chi connectivity index (χ1) is 5.13. The third-order valence-electron chi connectivity index (χ3n) is 1.42. The summed E-state index contributed by atoms with van der Waals surface area (Å²) in [6.07, 6.45) is 1.54. The van der Waals surface area contributed by atoms with Crippen LogP contribution in [0.3, 0.4) is 0 Å². The fourth-order valence-corrected chi connectivity index (χ4v) is 1.24. The van der Waals surface area contributed by atoms with Gasteiger partial charge in [0.15, 0.2) is 0 Å². The number of carboxylic acid groups (broad SMARTS) is 1. The van der Waals surface area contributed by atoms with Gasteiger partial charge < -0.3 is 5.11 Å². The van der Waals surface area contributed by atoms with Crippen molar-refractivity contribution < 1.29 is 9.90 Å². The summed E-state index contributed by atoms with van der Waals surface area (Å²) in [7, 11) is 0. The second-order valence-electron chi connectivity index (χ2n) is 2.19. The zero-order chi connectivity index (χ0) is 8.43. The average Bonchev–Trinajstić information content (AvgIpc) is 2.33. The van der Waals surface area contributed by atoms with Crippen LogP contribution in [-0.2, 0) is 4.79 Å². The maximum Gasteiger partial charge on any atom is 0.312 e. The van der Waals surface area contributed by atoms with Crippen molar-refractivity contribution in [2.45, 2.75) is 12.8 Å². The smallest absolute Gasteiger partial charge is 0.312 e. The van der Waals surface area contributed by atoms with Gasteiger partial charge in [0.25, 0.3) is 0 Å². The molecule has 60 valence electrons. The summed E-state index contributed by atoms with van der Waals surface area (Å²) in [5, 5.41) is 14.9. The first kappa shape index (κ1) is 8.26. The Morgan fingerprint density at radius 3 is 2.91 bits per heavy atom. The van der Waals surface area contributed by atoms with Gasteiger partial charge in [0.1, 0.15) is 0 Å². The van der Waals surface area contributed by atoms with Crippen molar-refractivity contribution in [3.8, 4) is 0 Å². The predicted octanol–water partition coefficient (Wildman–Crippen LogP) is 1.36. The second-order valence-corrected chi connectivity index (χ2v) is 3.05.